The van der Waals surface area contributed by atoms with Crippen LogP contribution in [0.15, 0.2) is 49.1 Å². The van der Waals surface area contributed by atoms with E-state index < -0.39 is 17.3 Å². The molecule has 1 aromatic carbocycles. The van der Waals surface area contributed by atoms with Gasteiger partial charge < -0.3 is 24.4 Å². The molecule has 0 aliphatic carbocycles. The summed E-state index contributed by atoms with van der Waals surface area (Å²) in [4.78, 5) is 18.7. The Morgan fingerprint density at radius 1 is 1.31 bits per heavy atom. The first-order valence-corrected chi connectivity index (χ1v) is 11.6. The predicted molar refractivity (Wildman–Crippen MR) is 121 cm³/mol. The third-order valence-electron chi connectivity index (χ3n) is 7.48. The molecule has 5 atom stereocenters. The maximum absolute atomic E-state index is 13.0. The number of likely N-dealkylation sites (N-methyl/N-ethyl adjacent to an activating group) is 1. The minimum absolute atomic E-state index is 0.00128. The van der Waals surface area contributed by atoms with Crippen molar-refractivity contribution in [1.29, 1.82) is 0 Å². The van der Waals surface area contributed by atoms with Gasteiger partial charge in [-0.05, 0) is 50.5 Å². The van der Waals surface area contributed by atoms with Crippen molar-refractivity contribution >= 4 is 5.91 Å². The minimum Gasteiger partial charge on any atom is -0.396 e. The average molecular weight is 442 g/mol. The van der Waals surface area contributed by atoms with E-state index in [4.69, 9.17) is 4.74 Å². The molecular formula is C25H35N3O4. The van der Waals surface area contributed by atoms with Gasteiger partial charge in [0, 0.05) is 39.0 Å². The van der Waals surface area contributed by atoms with Crippen molar-refractivity contribution in [2.24, 2.45) is 0 Å². The van der Waals surface area contributed by atoms with Gasteiger partial charge in [-0.25, -0.2) is 4.98 Å². The highest BCUT2D eigenvalue weighted by Crippen LogP contribution is 2.51. The van der Waals surface area contributed by atoms with E-state index in [-0.39, 0.29) is 24.5 Å². The molecule has 32 heavy (non-hydrogen) atoms. The van der Waals surface area contributed by atoms with Crippen molar-refractivity contribution in [2.75, 3.05) is 13.7 Å². The molecule has 7 nitrogen and oxygen atoms in total. The van der Waals surface area contributed by atoms with E-state index in [2.05, 4.69) is 17.1 Å². The first-order valence-electron chi connectivity index (χ1n) is 11.6. The van der Waals surface area contributed by atoms with Crippen LogP contribution in [0.2, 0.25) is 0 Å². The number of hydrogen-bond donors (Lipinski definition) is 2. The van der Waals surface area contributed by atoms with Gasteiger partial charge >= 0.3 is 0 Å². The number of aryl methyl sites for hydroxylation is 1. The van der Waals surface area contributed by atoms with Crippen molar-refractivity contribution in [3.63, 3.8) is 0 Å². The molecule has 0 unspecified atom stereocenters. The smallest absolute Gasteiger partial charge is 0.224 e. The molecule has 4 rings (SSSR count). The molecule has 7 heteroatoms. The van der Waals surface area contributed by atoms with E-state index in [1.165, 1.54) is 5.56 Å². The second-order valence-electron chi connectivity index (χ2n) is 9.69. The fourth-order valence-electron chi connectivity index (χ4n) is 5.75. The first-order chi connectivity index (χ1) is 15.4. The number of ether oxygens (including phenoxy) is 1. The molecule has 2 bridgehead atoms. The van der Waals surface area contributed by atoms with Gasteiger partial charge in [-0.2, -0.15) is 0 Å². The fourth-order valence-corrected chi connectivity index (χ4v) is 5.75. The molecule has 2 aromatic rings. The average Bonchev–Trinajstić information content (AvgIpc) is 3.29. The summed E-state index contributed by atoms with van der Waals surface area (Å²) < 4.78 is 8.53. The molecule has 0 spiro atoms. The number of nitrogens with zero attached hydrogens (tertiary/aromatic N) is 3. The van der Waals surface area contributed by atoms with Crippen molar-refractivity contribution < 1.29 is 19.7 Å². The molecule has 0 radical (unpaired) electrons. The van der Waals surface area contributed by atoms with Crippen LogP contribution < -0.4 is 0 Å². The zero-order valence-corrected chi connectivity index (χ0v) is 19.1. The SMILES string of the molecule is CN(C(=O)CCn1ccnc1)[C@H]1CC[C@@]2(CCO)C[C@H](c3ccccc3)C[C@](C)(O2)[C@@H]1O. The number of rotatable bonds is 7. The fraction of sp³-hybridized carbons (Fsp3) is 0.600. The topological polar surface area (TPSA) is 87.8 Å². The summed E-state index contributed by atoms with van der Waals surface area (Å²) in [7, 11) is 1.79. The molecule has 2 saturated heterocycles. The number of carbonyl (C=O) groups is 1. The normalized spacial score (nSPS) is 32.3. The minimum atomic E-state index is -0.809. The third-order valence-corrected chi connectivity index (χ3v) is 7.48. The molecule has 2 N–H and O–H groups in total. The van der Waals surface area contributed by atoms with Crippen molar-refractivity contribution in [3.8, 4) is 0 Å². The van der Waals surface area contributed by atoms with Gasteiger partial charge in [0.2, 0.25) is 5.91 Å². The summed E-state index contributed by atoms with van der Waals surface area (Å²) in [5.41, 5.74) is -0.0631. The van der Waals surface area contributed by atoms with E-state index in [1.54, 1.807) is 24.5 Å². The highest BCUT2D eigenvalue weighted by molar-refractivity contribution is 5.76. The van der Waals surface area contributed by atoms with Crippen LogP contribution in [0.1, 0.15) is 56.9 Å². The highest BCUT2D eigenvalue weighted by atomic mass is 16.5. The van der Waals surface area contributed by atoms with Gasteiger partial charge in [-0.15, -0.1) is 0 Å². The molecule has 2 aliphatic rings. The maximum atomic E-state index is 13.0. The summed E-state index contributed by atoms with van der Waals surface area (Å²) >= 11 is 0. The molecular weight excluding hydrogens is 406 g/mol. The molecule has 174 valence electrons. The van der Waals surface area contributed by atoms with Crippen LogP contribution >= 0.6 is 0 Å². The van der Waals surface area contributed by atoms with Gasteiger partial charge in [0.15, 0.2) is 0 Å². The lowest BCUT2D eigenvalue weighted by Crippen LogP contribution is -2.58. The Hall–Kier alpha value is -2.22. The van der Waals surface area contributed by atoms with Crippen LogP contribution in [0.4, 0.5) is 0 Å². The van der Waals surface area contributed by atoms with Gasteiger partial charge in [-0.1, -0.05) is 30.3 Å². The maximum Gasteiger partial charge on any atom is 0.224 e. The van der Waals surface area contributed by atoms with Gasteiger partial charge in [0.1, 0.15) is 6.10 Å². The lowest BCUT2D eigenvalue weighted by molar-refractivity contribution is -0.226. The monoisotopic (exact) mass is 441 g/mol. The van der Waals surface area contributed by atoms with Crippen molar-refractivity contribution in [3.05, 3.63) is 54.6 Å². The number of imidazole rings is 1. The molecule has 2 fully saturated rings. The van der Waals surface area contributed by atoms with Gasteiger partial charge in [0.05, 0.1) is 23.6 Å². The Balaban J connectivity index is 1.56. The van der Waals surface area contributed by atoms with Crippen LogP contribution in [0.25, 0.3) is 0 Å². The summed E-state index contributed by atoms with van der Waals surface area (Å²) in [6.07, 6.45) is 8.15. The highest BCUT2D eigenvalue weighted by Gasteiger charge is 2.55. The Bertz CT molecular complexity index is 890. The Kier molecular flexibility index (Phi) is 6.70. The second kappa shape index (κ2) is 9.33. The Morgan fingerprint density at radius 3 is 2.78 bits per heavy atom. The van der Waals surface area contributed by atoms with E-state index >= 15 is 0 Å². The van der Waals surface area contributed by atoms with Crippen molar-refractivity contribution in [2.45, 2.75) is 81.3 Å². The number of aromatic nitrogens is 2. The lowest BCUT2D eigenvalue weighted by atomic mass is 9.73. The van der Waals surface area contributed by atoms with Crippen LogP contribution in [0, 0.1) is 0 Å². The number of aliphatic hydroxyl groups excluding tert-OH is 2. The van der Waals surface area contributed by atoms with E-state index in [0.29, 0.717) is 38.6 Å². The van der Waals surface area contributed by atoms with E-state index in [0.717, 1.165) is 6.42 Å². The molecule has 2 aliphatic heterocycles. The van der Waals surface area contributed by atoms with Gasteiger partial charge in [0.25, 0.3) is 0 Å². The zero-order chi connectivity index (χ0) is 22.8. The van der Waals surface area contributed by atoms with E-state index in [1.807, 2.05) is 35.9 Å². The predicted octanol–water partition coefficient (Wildman–Crippen LogP) is 2.73. The summed E-state index contributed by atoms with van der Waals surface area (Å²) in [6, 6.07) is 10.0. The number of carbonyl (C=O) groups excluding carboxylic acids is 1. The summed E-state index contributed by atoms with van der Waals surface area (Å²) in [5, 5.41) is 21.4. The number of aliphatic hydroxyl groups is 2. The standard InChI is InChI=1S/C25H35N3O4/c1-24-16-20(19-6-4-3-5-7-19)17-25(32-24,11-15-29)10-8-21(23(24)31)27(2)22(30)9-13-28-14-12-26-18-28/h3-7,12,14,18,20-21,23,29,31H,8-11,13,15-17H2,1-2H3/t20-,21+,23-,24+,25-/m1/s1. The molecule has 1 amide bonds. The zero-order valence-electron chi connectivity index (χ0n) is 19.1. The number of benzene rings is 1. The molecule has 1 aromatic heterocycles. The van der Waals surface area contributed by atoms with Crippen LogP contribution in [0.3, 0.4) is 0 Å². The summed E-state index contributed by atoms with van der Waals surface area (Å²) in [5.74, 6) is 0.232. The largest absolute Gasteiger partial charge is 0.396 e. The third kappa shape index (κ3) is 4.60. The van der Waals surface area contributed by atoms with Crippen LogP contribution in [-0.2, 0) is 16.1 Å². The number of fused-ring (bicyclic) bond motifs is 2. The van der Waals surface area contributed by atoms with Crippen molar-refractivity contribution in [1.82, 2.24) is 14.5 Å². The molecule has 0 saturated carbocycles. The number of amides is 1. The Morgan fingerprint density at radius 2 is 2.09 bits per heavy atom. The Labute approximate surface area is 190 Å². The van der Waals surface area contributed by atoms with Gasteiger partial charge in [-0.3, -0.25) is 4.79 Å². The quantitative estimate of drug-likeness (QED) is 0.690. The van der Waals surface area contributed by atoms with Crippen LogP contribution in [0.5, 0.6) is 0 Å². The van der Waals surface area contributed by atoms with E-state index in [9.17, 15) is 15.0 Å². The lowest BCUT2D eigenvalue weighted by Gasteiger charge is -2.50. The second-order valence-corrected chi connectivity index (χ2v) is 9.69. The first kappa shape index (κ1) is 23.0. The summed E-state index contributed by atoms with van der Waals surface area (Å²) in [6.45, 7) is 2.57. The number of hydrogen-bond acceptors (Lipinski definition) is 5. The molecule has 3 heterocycles. The van der Waals surface area contributed by atoms with Crippen LogP contribution in [-0.4, -0.2) is 67.6 Å².